The highest BCUT2D eigenvalue weighted by molar-refractivity contribution is 5.94. The van der Waals surface area contributed by atoms with Crippen LogP contribution < -0.4 is 21.7 Å². The molecule has 0 bridgehead atoms. The second kappa shape index (κ2) is 13.6. The van der Waals surface area contributed by atoms with Gasteiger partial charge in [-0.3, -0.25) is 14.4 Å². The number of nitrogens with one attached hydrogen (secondary N) is 6. The Morgan fingerprint density at radius 1 is 0.857 bits per heavy atom. The fourth-order valence-corrected chi connectivity index (χ4v) is 4.47. The predicted molar refractivity (Wildman–Crippen MR) is 150 cm³/mol. The molecule has 3 aromatic heterocycles. The average Bonchev–Trinajstić information content (AvgIpc) is 3.74. The molecular formula is C27H33N9O6. The Bertz CT molecular complexity index is 1500. The Morgan fingerprint density at radius 3 is 2.12 bits per heavy atom. The number of nitrogens with two attached hydrogens (primary N) is 1. The van der Waals surface area contributed by atoms with Crippen molar-refractivity contribution in [1.29, 1.82) is 0 Å². The van der Waals surface area contributed by atoms with Gasteiger partial charge in [0.25, 0.3) is 0 Å². The Kier molecular flexibility index (Phi) is 9.67. The van der Waals surface area contributed by atoms with E-state index in [-0.39, 0.29) is 19.3 Å². The van der Waals surface area contributed by atoms with E-state index in [0.717, 1.165) is 10.9 Å². The number of nitrogens with zero attached hydrogens (tertiary/aromatic N) is 2. The number of carbonyl (C=O) groups is 4. The summed E-state index contributed by atoms with van der Waals surface area (Å²) in [4.78, 5) is 68.0. The van der Waals surface area contributed by atoms with E-state index in [1.165, 1.54) is 32.0 Å². The lowest BCUT2D eigenvalue weighted by Crippen LogP contribution is -2.60. The van der Waals surface area contributed by atoms with E-state index in [2.05, 4.69) is 40.9 Å². The molecule has 4 aromatic rings. The number of H-pyrrole nitrogens is 3. The van der Waals surface area contributed by atoms with Crippen LogP contribution >= 0.6 is 0 Å². The Labute approximate surface area is 239 Å². The maximum Gasteiger partial charge on any atom is 0.326 e. The lowest BCUT2D eigenvalue weighted by atomic mass is 10.0. The van der Waals surface area contributed by atoms with Gasteiger partial charge in [0, 0.05) is 60.1 Å². The van der Waals surface area contributed by atoms with Crippen LogP contribution in [0.2, 0.25) is 0 Å². The van der Waals surface area contributed by atoms with Gasteiger partial charge in [0.05, 0.1) is 24.8 Å². The van der Waals surface area contributed by atoms with E-state index in [9.17, 15) is 29.4 Å². The molecule has 5 atom stereocenters. The standard InChI is InChI=1S/C27H33N9O6/c1-14(37)23(26(40)35-22(27(41)42)6-15-9-31-20-5-3-2-4-18(15)20)36-25(39)21(8-17-11-30-13-33-17)34-24(38)19(28)7-16-10-29-12-32-16/h2-5,9-14,19,21-23,31,37H,6-8,28H2,1H3,(H,29,32)(H,30,33)(H,34,38)(H,35,40)(H,36,39)(H,41,42). The zero-order chi connectivity index (χ0) is 30.2. The van der Waals surface area contributed by atoms with Gasteiger partial charge < -0.3 is 46.8 Å². The SMILES string of the molecule is CC(O)C(NC(=O)C(Cc1cnc[nH]1)NC(=O)C(N)Cc1cnc[nH]1)C(=O)NC(Cc1c[nH]c2ccccc12)C(=O)O. The van der Waals surface area contributed by atoms with Crippen LogP contribution in [-0.4, -0.2) is 89.1 Å². The van der Waals surface area contributed by atoms with E-state index < -0.39 is 54.0 Å². The minimum Gasteiger partial charge on any atom is -0.480 e. The highest BCUT2D eigenvalue weighted by Gasteiger charge is 2.33. The van der Waals surface area contributed by atoms with Crippen molar-refractivity contribution >= 4 is 34.6 Å². The third kappa shape index (κ3) is 7.58. The fraction of sp³-hybridized carbons (Fsp3) is 0.333. The van der Waals surface area contributed by atoms with Crippen LogP contribution in [0.3, 0.4) is 0 Å². The highest BCUT2D eigenvalue weighted by atomic mass is 16.4. The molecule has 0 radical (unpaired) electrons. The van der Waals surface area contributed by atoms with Gasteiger partial charge in [-0.25, -0.2) is 14.8 Å². The topological polar surface area (TPSA) is 244 Å². The number of benzene rings is 1. The average molecular weight is 580 g/mol. The molecule has 222 valence electrons. The van der Waals surface area contributed by atoms with Gasteiger partial charge in [0.2, 0.25) is 17.7 Å². The molecule has 3 heterocycles. The molecule has 0 spiro atoms. The zero-order valence-corrected chi connectivity index (χ0v) is 22.7. The number of carbonyl (C=O) groups excluding carboxylic acids is 3. The summed E-state index contributed by atoms with van der Waals surface area (Å²) >= 11 is 0. The number of imidazole rings is 2. The highest BCUT2D eigenvalue weighted by Crippen LogP contribution is 2.19. The molecule has 15 nitrogen and oxygen atoms in total. The number of aliphatic hydroxyl groups excluding tert-OH is 1. The first kappa shape index (κ1) is 30.0. The first-order chi connectivity index (χ1) is 20.1. The van der Waals surface area contributed by atoms with Crippen LogP contribution in [0, 0.1) is 0 Å². The normalized spacial score (nSPS) is 14.8. The van der Waals surface area contributed by atoms with E-state index >= 15 is 0 Å². The summed E-state index contributed by atoms with van der Waals surface area (Å²) in [7, 11) is 0. The first-order valence-electron chi connectivity index (χ1n) is 13.2. The Balaban J connectivity index is 1.45. The van der Waals surface area contributed by atoms with Crippen molar-refractivity contribution in [2.75, 3.05) is 0 Å². The smallest absolute Gasteiger partial charge is 0.326 e. The molecule has 0 fully saturated rings. The largest absolute Gasteiger partial charge is 0.480 e. The maximum atomic E-state index is 13.4. The van der Waals surface area contributed by atoms with Crippen LogP contribution in [-0.2, 0) is 38.4 Å². The third-order valence-electron chi connectivity index (χ3n) is 6.72. The summed E-state index contributed by atoms with van der Waals surface area (Å²) < 4.78 is 0. The van der Waals surface area contributed by atoms with Crippen LogP contribution in [0.15, 0.2) is 55.5 Å². The van der Waals surface area contributed by atoms with Crippen molar-refractivity contribution in [3.05, 3.63) is 72.5 Å². The molecule has 42 heavy (non-hydrogen) atoms. The van der Waals surface area contributed by atoms with Crippen molar-refractivity contribution in [2.24, 2.45) is 5.73 Å². The van der Waals surface area contributed by atoms with Crippen LogP contribution in [0.1, 0.15) is 23.9 Å². The molecule has 3 amide bonds. The number of aromatic nitrogens is 5. The lowest BCUT2D eigenvalue weighted by Gasteiger charge is -2.26. The zero-order valence-electron chi connectivity index (χ0n) is 22.7. The quantitative estimate of drug-likeness (QED) is 0.0878. The van der Waals surface area contributed by atoms with Crippen molar-refractivity contribution in [1.82, 2.24) is 40.9 Å². The van der Waals surface area contributed by atoms with Crippen LogP contribution in [0.25, 0.3) is 10.9 Å². The second-order valence-electron chi connectivity index (χ2n) is 9.92. The van der Waals surface area contributed by atoms with E-state index in [1.54, 1.807) is 6.20 Å². The van der Waals surface area contributed by atoms with Crippen LogP contribution in [0.4, 0.5) is 0 Å². The molecule has 4 rings (SSSR count). The van der Waals surface area contributed by atoms with Crippen molar-refractivity contribution < 1.29 is 29.4 Å². The minimum atomic E-state index is -1.53. The van der Waals surface area contributed by atoms with Gasteiger partial charge in [-0.1, -0.05) is 18.2 Å². The number of aliphatic carboxylic acids is 1. The van der Waals surface area contributed by atoms with Gasteiger partial charge in [-0.15, -0.1) is 0 Å². The molecule has 0 aliphatic rings. The molecule has 0 aliphatic carbocycles. The molecule has 10 N–H and O–H groups in total. The van der Waals surface area contributed by atoms with Gasteiger partial charge in [-0.05, 0) is 18.6 Å². The number of aliphatic hydroxyl groups is 1. The Hall–Kier alpha value is -5.02. The molecule has 15 heteroatoms. The third-order valence-corrected chi connectivity index (χ3v) is 6.72. The molecule has 0 saturated carbocycles. The molecule has 0 aliphatic heterocycles. The number of carboxylic acids is 1. The van der Waals surface area contributed by atoms with E-state index in [4.69, 9.17) is 5.73 Å². The molecule has 0 saturated heterocycles. The second-order valence-corrected chi connectivity index (χ2v) is 9.92. The maximum absolute atomic E-state index is 13.4. The first-order valence-corrected chi connectivity index (χ1v) is 13.2. The predicted octanol–water partition coefficient (Wildman–Crippen LogP) is -1.11. The van der Waals surface area contributed by atoms with Gasteiger partial charge in [0.1, 0.15) is 18.1 Å². The van der Waals surface area contributed by atoms with Gasteiger partial charge in [-0.2, -0.15) is 0 Å². The lowest BCUT2D eigenvalue weighted by molar-refractivity contribution is -0.143. The molecule has 5 unspecified atom stereocenters. The summed E-state index contributed by atoms with van der Waals surface area (Å²) in [5.74, 6) is -3.63. The summed E-state index contributed by atoms with van der Waals surface area (Å²) in [5, 5.41) is 28.4. The summed E-state index contributed by atoms with van der Waals surface area (Å²) in [6, 6.07) is 2.23. The van der Waals surface area contributed by atoms with Crippen molar-refractivity contribution in [3.63, 3.8) is 0 Å². The van der Waals surface area contributed by atoms with Crippen molar-refractivity contribution in [2.45, 2.75) is 56.5 Å². The fourth-order valence-electron chi connectivity index (χ4n) is 4.47. The van der Waals surface area contributed by atoms with Gasteiger partial charge >= 0.3 is 5.97 Å². The number of carboxylic acid groups (broad SMARTS) is 1. The molecule has 1 aromatic carbocycles. The minimum absolute atomic E-state index is 0.0270. The summed E-state index contributed by atoms with van der Waals surface area (Å²) in [6.45, 7) is 1.28. The van der Waals surface area contributed by atoms with Crippen LogP contribution in [0.5, 0.6) is 0 Å². The summed E-state index contributed by atoms with van der Waals surface area (Å²) in [5.41, 5.74) is 8.65. The van der Waals surface area contributed by atoms with E-state index in [0.29, 0.717) is 17.0 Å². The number of rotatable bonds is 14. The van der Waals surface area contributed by atoms with Gasteiger partial charge in [0.15, 0.2) is 0 Å². The number of fused-ring (bicyclic) bond motifs is 1. The number of amides is 3. The van der Waals surface area contributed by atoms with Crippen molar-refractivity contribution in [3.8, 4) is 0 Å². The monoisotopic (exact) mass is 579 g/mol. The van der Waals surface area contributed by atoms with E-state index in [1.807, 2.05) is 24.3 Å². The summed E-state index contributed by atoms with van der Waals surface area (Å²) in [6.07, 6.45) is 6.18. The number of para-hydroxylation sites is 1. The number of hydrogen-bond acceptors (Lipinski definition) is 8. The Morgan fingerprint density at radius 2 is 1.50 bits per heavy atom. The number of hydrogen-bond donors (Lipinski definition) is 9. The molecular weight excluding hydrogens is 546 g/mol. The number of aromatic amines is 3.